The minimum atomic E-state index is -1.22. The minimum Gasteiger partial charge on any atom is -0.481 e. The molecule has 1 aliphatic carbocycles. The van der Waals surface area contributed by atoms with Gasteiger partial charge >= 0.3 is 11.9 Å². The number of nitrogens with zero attached hydrogens (tertiary/aromatic N) is 1. The van der Waals surface area contributed by atoms with Crippen molar-refractivity contribution in [1.82, 2.24) is 15.3 Å². The van der Waals surface area contributed by atoms with Gasteiger partial charge < -0.3 is 26.6 Å². The van der Waals surface area contributed by atoms with Gasteiger partial charge in [-0.05, 0) is 56.8 Å². The number of aromatic nitrogens is 2. The van der Waals surface area contributed by atoms with Crippen LogP contribution in [0.5, 0.6) is 0 Å². The molecule has 1 fully saturated rings. The minimum absolute atomic E-state index is 0.108. The maximum absolute atomic E-state index is 12.5. The second-order valence-electron chi connectivity index (χ2n) is 8.86. The van der Waals surface area contributed by atoms with Crippen molar-refractivity contribution < 1.29 is 24.6 Å². The molecule has 0 unspecified atom stereocenters. The van der Waals surface area contributed by atoms with Crippen LogP contribution in [0.4, 0.5) is 11.8 Å². The van der Waals surface area contributed by atoms with Gasteiger partial charge in [-0.1, -0.05) is 6.42 Å². The third-order valence-electron chi connectivity index (χ3n) is 6.55. The zero-order valence-corrected chi connectivity index (χ0v) is 17.9. The first-order valence-electron chi connectivity index (χ1n) is 11.1. The lowest BCUT2D eigenvalue weighted by Crippen LogP contribution is -2.44. The van der Waals surface area contributed by atoms with Gasteiger partial charge in [0.2, 0.25) is 11.9 Å². The monoisotopic (exact) mass is 449 g/mol. The average molecular weight is 450 g/mol. The molecule has 0 saturated heterocycles. The molecule has 2 aliphatic rings. The highest BCUT2D eigenvalue weighted by Crippen LogP contribution is 2.34. The summed E-state index contributed by atoms with van der Waals surface area (Å²) in [6.07, 6.45) is 5.36. The Labute approximate surface area is 185 Å². The molecule has 0 radical (unpaired) electrons. The van der Waals surface area contributed by atoms with Gasteiger partial charge in [-0.3, -0.25) is 19.4 Å². The van der Waals surface area contributed by atoms with E-state index in [0.29, 0.717) is 42.5 Å². The second-order valence-corrected chi connectivity index (χ2v) is 8.86. The van der Waals surface area contributed by atoms with E-state index in [4.69, 9.17) is 10.8 Å². The molecule has 2 heterocycles. The summed E-state index contributed by atoms with van der Waals surface area (Å²) in [5.41, 5.74) is 6.04. The van der Waals surface area contributed by atoms with Crippen molar-refractivity contribution in [2.45, 2.75) is 63.8 Å². The van der Waals surface area contributed by atoms with Crippen LogP contribution < -0.4 is 21.9 Å². The number of nitrogens with two attached hydrogens (primary N) is 1. The molecule has 1 amide bonds. The van der Waals surface area contributed by atoms with Crippen LogP contribution in [-0.2, 0) is 20.8 Å². The zero-order valence-electron chi connectivity index (χ0n) is 17.9. The summed E-state index contributed by atoms with van der Waals surface area (Å²) in [5.74, 6) is -1.35. The van der Waals surface area contributed by atoms with Crippen LogP contribution >= 0.6 is 0 Å². The predicted octanol–water partition coefficient (Wildman–Crippen LogP) is 0.957. The molecule has 1 aromatic heterocycles. The molecule has 7 N–H and O–H groups in total. The lowest BCUT2D eigenvalue weighted by Gasteiger charge is -2.30. The van der Waals surface area contributed by atoms with Crippen LogP contribution in [0.2, 0.25) is 0 Å². The molecule has 11 heteroatoms. The molecule has 32 heavy (non-hydrogen) atoms. The highest BCUT2D eigenvalue weighted by Gasteiger charge is 2.30. The Kier molecular flexibility index (Phi) is 7.70. The number of nitrogen functional groups attached to an aromatic ring is 1. The van der Waals surface area contributed by atoms with Crippen LogP contribution in [0, 0.1) is 17.8 Å². The van der Waals surface area contributed by atoms with Gasteiger partial charge in [-0.15, -0.1) is 0 Å². The van der Waals surface area contributed by atoms with Crippen molar-refractivity contribution in [2.75, 3.05) is 17.6 Å². The maximum atomic E-state index is 12.5. The number of rotatable bonds is 9. The van der Waals surface area contributed by atoms with Crippen molar-refractivity contribution in [3.05, 3.63) is 15.9 Å². The Bertz CT molecular complexity index is 908. The Hall–Kier alpha value is -3.11. The van der Waals surface area contributed by atoms with Crippen molar-refractivity contribution in [2.24, 2.45) is 17.8 Å². The summed E-state index contributed by atoms with van der Waals surface area (Å²) < 4.78 is 0. The number of aromatic amines is 1. The smallest absolute Gasteiger partial charge is 0.326 e. The number of carboxylic acids is 2. The molecular formula is C21H31N5O6. The molecule has 2 atom stereocenters. The second kappa shape index (κ2) is 10.5. The van der Waals surface area contributed by atoms with Crippen LogP contribution in [-0.4, -0.2) is 50.6 Å². The van der Waals surface area contributed by atoms with Crippen LogP contribution in [0.1, 0.15) is 56.9 Å². The van der Waals surface area contributed by atoms with Crippen LogP contribution in [0.3, 0.4) is 0 Å². The van der Waals surface area contributed by atoms with Crippen molar-refractivity contribution in [1.29, 1.82) is 0 Å². The van der Waals surface area contributed by atoms with Gasteiger partial charge in [0.1, 0.15) is 11.9 Å². The number of carbonyl (C=O) groups is 3. The molecule has 1 aliphatic heterocycles. The Balaban J connectivity index is 1.42. The molecule has 0 aromatic carbocycles. The van der Waals surface area contributed by atoms with Crippen molar-refractivity contribution >= 4 is 29.6 Å². The summed E-state index contributed by atoms with van der Waals surface area (Å²) in [6.45, 7) is 0.744. The molecule has 176 valence electrons. The van der Waals surface area contributed by atoms with Gasteiger partial charge in [-0.25, -0.2) is 4.79 Å². The lowest BCUT2D eigenvalue weighted by atomic mass is 9.78. The Morgan fingerprint density at radius 3 is 2.47 bits per heavy atom. The number of fused-ring (bicyclic) bond motifs is 1. The predicted molar refractivity (Wildman–Crippen MR) is 116 cm³/mol. The van der Waals surface area contributed by atoms with E-state index < -0.39 is 18.0 Å². The standard InChI is InChI=1S/C21H31N5O6/c22-21-25-17-14(19(30)26-21)9-12(10-23-17)2-1-11-3-5-13(6-4-11)18(29)24-15(20(31)32)7-8-16(27)28/h11-13,15H,1-10H2,(H,24,29)(H,27,28)(H,31,32)(H4,22,23,25,26,30)/t11?,12-,13?,15+/m0/s1. The molecule has 0 bridgehead atoms. The number of nitrogens with one attached hydrogen (secondary N) is 3. The van der Waals surface area contributed by atoms with E-state index in [1.165, 1.54) is 0 Å². The van der Waals surface area contributed by atoms with E-state index in [2.05, 4.69) is 20.6 Å². The van der Waals surface area contributed by atoms with Crippen LogP contribution in [0.15, 0.2) is 4.79 Å². The summed E-state index contributed by atoms with van der Waals surface area (Å²) in [6, 6.07) is -1.18. The summed E-state index contributed by atoms with van der Waals surface area (Å²) in [5, 5.41) is 23.7. The first-order valence-corrected chi connectivity index (χ1v) is 11.1. The fraction of sp³-hybridized carbons (Fsp3) is 0.667. The van der Waals surface area contributed by atoms with Crippen molar-refractivity contribution in [3.8, 4) is 0 Å². The largest absolute Gasteiger partial charge is 0.481 e. The van der Waals surface area contributed by atoms with E-state index in [1.54, 1.807) is 0 Å². The summed E-state index contributed by atoms with van der Waals surface area (Å²) >= 11 is 0. The topological polar surface area (TPSA) is 187 Å². The summed E-state index contributed by atoms with van der Waals surface area (Å²) in [4.78, 5) is 53.2. The van der Waals surface area contributed by atoms with E-state index >= 15 is 0 Å². The number of H-pyrrole nitrogens is 1. The number of hydrogen-bond donors (Lipinski definition) is 6. The van der Waals surface area contributed by atoms with Crippen LogP contribution in [0.25, 0.3) is 0 Å². The quantitative estimate of drug-likeness (QED) is 0.319. The van der Waals surface area contributed by atoms with Gasteiger partial charge in [0.05, 0.1) is 5.56 Å². The van der Waals surface area contributed by atoms with Gasteiger partial charge in [0.15, 0.2) is 0 Å². The van der Waals surface area contributed by atoms with E-state index in [0.717, 1.165) is 32.2 Å². The number of carboxylic acid groups (broad SMARTS) is 2. The highest BCUT2D eigenvalue weighted by molar-refractivity contribution is 5.85. The highest BCUT2D eigenvalue weighted by atomic mass is 16.4. The summed E-state index contributed by atoms with van der Waals surface area (Å²) in [7, 11) is 0. The lowest BCUT2D eigenvalue weighted by molar-refractivity contribution is -0.144. The number of aliphatic carboxylic acids is 2. The zero-order chi connectivity index (χ0) is 23.3. The van der Waals surface area contributed by atoms with Crippen molar-refractivity contribution in [3.63, 3.8) is 0 Å². The molecule has 0 spiro atoms. The molecule has 3 rings (SSSR count). The first-order chi connectivity index (χ1) is 15.2. The maximum Gasteiger partial charge on any atom is 0.326 e. The average Bonchev–Trinajstić information content (AvgIpc) is 2.75. The van der Waals surface area contributed by atoms with Gasteiger partial charge in [0, 0.05) is 18.9 Å². The van der Waals surface area contributed by atoms with E-state index in [9.17, 15) is 24.3 Å². The SMILES string of the molecule is Nc1nc2c(c(=O)[nH]1)C[C@H](CCC1CCC(C(=O)N[C@H](CCC(=O)O)C(=O)O)CC1)CN2. The van der Waals surface area contributed by atoms with Gasteiger partial charge in [0.25, 0.3) is 5.56 Å². The van der Waals surface area contributed by atoms with E-state index in [-0.39, 0.29) is 36.2 Å². The molecule has 11 nitrogen and oxygen atoms in total. The first kappa shape index (κ1) is 23.6. The number of hydrogen-bond acceptors (Lipinski definition) is 7. The fourth-order valence-corrected chi connectivity index (χ4v) is 4.66. The molecular weight excluding hydrogens is 418 g/mol. The Morgan fingerprint density at radius 1 is 1.12 bits per heavy atom. The third-order valence-corrected chi connectivity index (χ3v) is 6.55. The third kappa shape index (κ3) is 6.21. The molecule has 1 aromatic rings. The number of anilines is 2. The van der Waals surface area contributed by atoms with Gasteiger partial charge in [-0.2, -0.15) is 4.98 Å². The molecule has 1 saturated carbocycles. The number of carbonyl (C=O) groups excluding carboxylic acids is 1. The number of amides is 1. The Morgan fingerprint density at radius 2 is 1.81 bits per heavy atom. The van der Waals surface area contributed by atoms with E-state index in [1.807, 2.05) is 0 Å². The normalized spacial score (nSPS) is 23.4. The fourth-order valence-electron chi connectivity index (χ4n) is 4.66.